The first-order valence-corrected chi connectivity index (χ1v) is 7.03. The summed E-state index contributed by atoms with van der Waals surface area (Å²) < 4.78 is 5.17. The lowest BCUT2D eigenvalue weighted by atomic mass is 9.82. The summed E-state index contributed by atoms with van der Waals surface area (Å²) in [5.74, 6) is 0.779. The minimum absolute atomic E-state index is 0.0105. The number of allylic oxidation sites excluding steroid dienone is 1. The molecule has 0 saturated carbocycles. The molecule has 2 heteroatoms. The Labute approximate surface area is 126 Å². The molecule has 0 saturated heterocycles. The molecule has 21 heavy (non-hydrogen) atoms. The van der Waals surface area contributed by atoms with Crippen LogP contribution in [0.25, 0.3) is 0 Å². The second-order valence-corrected chi connectivity index (χ2v) is 5.05. The Hall–Kier alpha value is -2.35. The normalized spacial score (nSPS) is 13.2. The average molecular weight is 280 g/mol. The van der Waals surface area contributed by atoms with E-state index in [1.165, 1.54) is 0 Å². The van der Waals surface area contributed by atoms with Crippen molar-refractivity contribution in [2.75, 3.05) is 7.11 Å². The smallest absolute Gasteiger partial charge is 0.166 e. The largest absolute Gasteiger partial charge is 0.497 e. The minimum Gasteiger partial charge on any atom is -0.497 e. The third kappa shape index (κ3) is 3.40. The minimum atomic E-state index is -0.154. The van der Waals surface area contributed by atoms with Gasteiger partial charge in [0, 0.05) is 17.4 Å². The fourth-order valence-electron chi connectivity index (χ4n) is 2.48. The molecule has 2 aromatic rings. The van der Waals surface area contributed by atoms with Crippen LogP contribution < -0.4 is 4.74 Å². The average Bonchev–Trinajstić information content (AvgIpc) is 2.56. The standard InChI is InChI=1S/C19H20O2/c1-4-18(15-10-12-17(21-3)13-11-15)14(2)19(20)16-8-6-5-7-9-16/h4-14,18H,1H2,2-3H3/t14-,18-/m0/s1. The zero-order chi connectivity index (χ0) is 15.2. The van der Waals surface area contributed by atoms with Gasteiger partial charge >= 0.3 is 0 Å². The van der Waals surface area contributed by atoms with Gasteiger partial charge in [-0.1, -0.05) is 55.5 Å². The number of ether oxygens (including phenoxy) is 1. The topological polar surface area (TPSA) is 26.3 Å². The maximum Gasteiger partial charge on any atom is 0.166 e. The van der Waals surface area contributed by atoms with Gasteiger partial charge in [-0.05, 0) is 17.7 Å². The summed E-state index contributed by atoms with van der Waals surface area (Å²) in [6.45, 7) is 5.84. The van der Waals surface area contributed by atoms with Crippen molar-refractivity contribution in [3.05, 3.63) is 78.4 Å². The molecule has 2 rings (SSSR count). The molecule has 2 atom stereocenters. The molecule has 0 heterocycles. The van der Waals surface area contributed by atoms with Crippen LogP contribution in [0.15, 0.2) is 67.3 Å². The van der Waals surface area contributed by atoms with Crippen molar-refractivity contribution < 1.29 is 9.53 Å². The van der Waals surface area contributed by atoms with Crippen molar-refractivity contribution in [3.63, 3.8) is 0 Å². The number of methoxy groups -OCH3 is 1. The lowest BCUT2D eigenvalue weighted by molar-refractivity contribution is 0.0921. The van der Waals surface area contributed by atoms with Crippen LogP contribution in [0.3, 0.4) is 0 Å². The van der Waals surface area contributed by atoms with E-state index in [2.05, 4.69) is 6.58 Å². The quantitative estimate of drug-likeness (QED) is 0.576. The molecule has 0 aliphatic carbocycles. The lowest BCUT2D eigenvalue weighted by Gasteiger charge is -2.20. The van der Waals surface area contributed by atoms with Crippen LogP contribution in [0.5, 0.6) is 5.75 Å². The van der Waals surface area contributed by atoms with Crippen molar-refractivity contribution in [1.82, 2.24) is 0 Å². The maximum atomic E-state index is 12.6. The van der Waals surface area contributed by atoms with Crippen LogP contribution in [-0.2, 0) is 0 Å². The molecule has 0 amide bonds. The van der Waals surface area contributed by atoms with Crippen LogP contribution in [0.1, 0.15) is 28.8 Å². The van der Waals surface area contributed by atoms with Gasteiger partial charge in [0.1, 0.15) is 5.75 Å². The first kappa shape index (κ1) is 15.0. The summed E-state index contributed by atoms with van der Waals surface area (Å²) in [4.78, 5) is 12.6. The zero-order valence-corrected chi connectivity index (χ0v) is 12.5. The molecule has 0 radical (unpaired) electrons. The van der Waals surface area contributed by atoms with Crippen molar-refractivity contribution in [2.24, 2.45) is 5.92 Å². The van der Waals surface area contributed by atoms with E-state index in [9.17, 15) is 4.79 Å². The molecule has 0 aromatic heterocycles. The SMILES string of the molecule is C=C[C@H](c1ccc(OC)cc1)[C@H](C)C(=O)c1ccccc1. The van der Waals surface area contributed by atoms with E-state index in [-0.39, 0.29) is 17.6 Å². The summed E-state index contributed by atoms with van der Waals surface area (Å²) in [6.07, 6.45) is 1.84. The maximum absolute atomic E-state index is 12.6. The predicted molar refractivity (Wildman–Crippen MR) is 85.9 cm³/mol. The van der Waals surface area contributed by atoms with Gasteiger partial charge in [0.25, 0.3) is 0 Å². The molecule has 0 fully saturated rings. The Balaban J connectivity index is 2.23. The number of Topliss-reactive ketones (excluding diaryl/α,β-unsaturated/α-hetero) is 1. The molecule has 0 spiro atoms. The van der Waals surface area contributed by atoms with Crippen LogP contribution in [0, 0.1) is 5.92 Å². The Morgan fingerprint density at radius 2 is 1.71 bits per heavy atom. The molecule has 2 aromatic carbocycles. The van der Waals surface area contributed by atoms with E-state index in [1.54, 1.807) is 7.11 Å². The molecule has 0 aliphatic rings. The van der Waals surface area contributed by atoms with E-state index in [4.69, 9.17) is 4.74 Å². The van der Waals surface area contributed by atoms with E-state index in [1.807, 2.05) is 67.6 Å². The van der Waals surface area contributed by atoms with Gasteiger partial charge in [-0.3, -0.25) is 4.79 Å². The van der Waals surface area contributed by atoms with Crippen LogP contribution in [0.2, 0.25) is 0 Å². The Morgan fingerprint density at radius 3 is 2.24 bits per heavy atom. The Bertz CT molecular complexity index is 599. The molecule has 2 nitrogen and oxygen atoms in total. The van der Waals surface area contributed by atoms with E-state index < -0.39 is 0 Å². The zero-order valence-electron chi connectivity index (χ0n) is 12.5. The van der Waals surface area contributed by atoms with Crippen molar-refractivity contribution in [1.29, 1.82) is 0 Å². The number of carbonyl (C=O) groups excluding carboxylic acids is 1. The molecule has 0 unspecified atom stereocenters. The highest BCUT2D eigenvalue weighted by Crippen LogP contribution is 2.29. The number of hydrogen-bond donors (Lipinski definition) is 0. The van der Waals surface area contributed by atoms with E-state index in [0.717, 1.165) is 16.9 Å². The summed E-state index contributed by atoms with van der Waals surface area (Å²) in [5.41, 5.74) is 1.81. The molecule has 0 bridgehead atoms. The van der Waals surface area contributed by atoms with Gasteiger partial charge in [0.15, 0.2) is 5.78 Å². The van der Waals surface area contributed by atoms with Gasteiger partial charge in [-0.2, -0.15) is 0 Å². The first-order valence-electron chi connectivity index (χ1n) is 7.03. The van der Waals surface area contributed by atoms with Gasteiger partial charge < -0.3 is 4.74 Å². The highest BCUT2D eigenvalue weighted by Gasteiger charge is 2.24. The third-order valence-electron chi connectivity index (χ3n) is 3.77. The summed E-state index contributed by atoms with van der Waals surface area (Å²) in [7, 11) is 1.64. The highest BCUT2D eigenvalue weighted by atomic mass is 16.5. The summed E-state index contributed by atoms with van der Waals surface area (Å²) >= 11 is 0. The number of rotatable bonds is 6. The molecule has 0 aliphatic heterocycles. The first-order chi connectivity index (χ1) is 10.2. The van der Waals surface area contributed by atoms with Gasteiger partial charge in [-0.15, -0.1) is 6.58 Å². The van der Waals surface area contributed by atoms with Crippen molar-refractivity contribution in [3.8, 4) is 5.75 Å². The van der Waals surface area contributed by atoms with Crippen LogP contribution >= 0.6 is 0 Å². The second kappa shape index (κ2) is 6.89. The summed E-state index contributed by atoms with van der Waals surface area (Å²) in [6, 6.07) is 17.2. The Morgan fingerprint density at radius 1 is 1.10 bits per heavy atom. The highest BCUT2D eigenvalue weighted by molar-refractivity contribution is 5.98. The van der Waals surface area contributed by atoms with Crippen LogP contribution in [-0.4, -0.2) is 12.9 Å². The fraction of sp³-hybridized carbons (Fsp3) is 0.211. The number of carbonyl (C=O) groups is 1. The van der Waals surface area contributed by atoms with Crippen molar-refractivity contribution in [2.45, 2.75) is 12.8 Å². The fourth-order valence-corrected chi connectivity index (χ4v) is 2.48. The molecule has 108 valence electrons. The lowest BCUT2D eigenvalue weighted by Crippen LogP contribution is -2.18. The number of hydrogen-bond acceptors (Lipinski definition) is 2. The summed E-state index contributed by atoms with van der Waals surface area (Å²) in [5, 5.41) is 0. The number of benzene rings is 2. The molecular weight excluding hydrogens is 260 g/mol. The Kier molecular flexibility index (Phi) is 4.94. The monoisotopic (exact) mass is 280 g/mol. The van der Waals surface area contributed by atoms with E-state index in [0.29, 0.717) is 0 Å². The third-order valence-corrected chi connectivity index (χ3v) is 3.77. The van der Waals surface area contributed by atoms with Gasteiger partial charge in [0.2, 0.25) is 0 Å². The van der Waals surface area contributed by atoms with Crippen molar-refractivity contribution >= 4 is 5.78 Å². The number of ketones is 1. The van der Waals surface area contributed by atoms with Gasteiger partial charge in [-0.25, -0.2) is 0 Å². The van der Waals surface area contributed by atoms with Crippen LogP contribution in [0.4, 0.5) is 0 Å². The molecular formula is C19H20O2. The predicted octanol–water partition coefficient (Wildman–Crippen LogP) is 4.48. The van der Waals surface area contributed by atoms with E-state index >= 15 is 0 Å². The molecule has 0 N–H and O–H groups in total. The van der Waals surface area contributed by atoms with Gasteiger partial charge in [0.05, 0.1) is 7.11 Å². The second-order valence-electron chi connectivity index (χ2n) is 5.05.